The molecular weight excluding hydrogens is 285 g/mol. The fourth-order valence-electron chi connectivity index (χ4n) is 1.77. The van der Waals surface area contributed by atoms with E-state index in [4.69, 9.17) is 0 Å². The molecule has 0 radical (unpaired) electrons. The summed E-state index contributed by atoms with van der Waals surface area (Å²) in [7, 11) is -1.12. The van der Waals surface area contributed by atoms with Gasteiger partial charge in [0.15, 0.2) is 0 Å². The van der Waals surface area contributed by atoms with Gasteiger partial charge in [0, 0.05) is 40.9 Å². The van der Waals surface area contributed by atoms with E-state index in [1.807, 2.05) is 0 Å². The Bertz CT molecular complexity index is 547. The molecule has 2 rings (SSSR count). The lowest BCUT2D eigenvalue weighted by Gasteiger charge is -2.17. The zero-order chi connectivity index (χ0) is 14.2. The summed E-state index contributed by atoms with van der Waals surface area (Å²) in [5.74, 6) is 0.447. The fraction of sp³-hybridized carbons (Fsp3) is 0.400. The van der Waals surface area contributed by atoms with Gasteiger partial charge in [-0.2, -0.15) is 13.2 Å². The first-order chi connectivity index (χ1) is 8.77. The normalized spacial score (nSPS) is 19.7. The Morgan fingerprint density at radius 2 is 2.00 bits per heavy atom. The SMILES string of the molecule is O=[N+]([O-])c1cc(N2CCS(=O)C2)cc(C(F)(F)F)c1. The van der Waals surface area contributed by atoms with Crippen LogP contribution in [0.4, 0.5) is 24.5 Å². The molecule has 19 heavy (non-hydrogen) atoms. The van der Waals surface area contributed by atoms with Crippen LogP contribution in [0.3, 0.4) is 0 Å². The van der Waals surface area contributed by atoms with Crippen molar-refractivity contribution in [1.82, 2.24) is 0 Å². The standard InChI is InChI=1S/C10H9F3N2O3S/c11-10(12,13)7-3-8(5-9(4-7)15(16)17)14-1-2-19(18)6-14/h3-5H,1-2,6H2. The molecule has 0 aromatic heterocycles. The molecule has 1 heterocycles. The zero-order valence-corrected chi connectivity index (χ0v) is 10.3. The van der Waals surface area contributed by atoms with E-state index in [1.54, 1.807) is 0 Å². The van der Waals surface area contributed by atoms with E-state index in [0.29, 0.717) is 18.4 Å². The smallest absolute Gasteiger partial charge is 0.359 e. The molecule has 0 aliphatic carbocycles. The van der Waals surface area contributed by atoms with Gasteiger partial charge in [-0.05, 0) is 6.07 Å². The van der Waals surface area contributed by atoms with Crippen LogP contribution in [0.2, 0.25) is 0 Å². The molecule has 1 aromatic carbocycles. The van der Waals surface area contributed by atoms with Gasteiger partial charge >= 0.3 is 6.18 Å². The van der Waals surface area contributed by atoms with Crippen LogP contribution >= 0.6 is 0 Å². The minimum absolute atomic E-state index is 0.0763. The van der Waals surface area contributed by atoms with Crippen LogP contribution in [0, 0.1) is 10.1 Å². The molecule has 5 nitrogen and oxygen atoms in total. The number of non-ortho nitro benzene ring substituents is 1. The van der Waals surface area contributed by atoms with Crippen LogP contribution in [-0.4, -0.2) is 27.3 Å². The van der Waals surface area contributed by atoms with E-state index in [2.05, 4.69) is 0 Å². The van der Waals surface area contributed by atoms with Crippen molar-refractivity contribution >= 4 is 22.2 Å². The van der Waals surface area contributed by atoms with Crippen LogP contribution in [-0.2, 0) is 17.0 Å². The van der Waals surface area contributed by atoms with E-state index in [-0.39, 0.29) is 11.6 Å². The third kappa shape index (κ3) is 3.03. The molecular formula is C10H9F3N2O3S. The molecule has 1 aliphatic rings. The maximum Gasteiger partial charge on any atom is 0.416 e. The van der Waals surface area contributed by atoms with Gasteiger partial charge in [-0.1, -0.05) is 0 Å². The van der Waals surface area contributed by atoms with Crippen LogP contribution in [0.15, 0.2) is 18.2 Å². The molecule has 1 aliphatic heterocycles. The highest BCUT2D eigenvalue weighted by atomic mass is 32.2. The summed E-state index contributed by atoms with van der Waals surface area (Å²) in [4.78, 5) is 11.3. The summed E-state index contributed by atoms with van der Waals surface area (Å²) in [6.07, 6.45) is -4.65. The lowest BCUT2D eigenvalue weighted by atomic mass is 10.1. The first-order valence-electron chi connectivity index (χ1n) is 5.24. The topological polar surface area (TPSA) is 63.5 Å². The predicted octanol–water partition coefficient (Wildman–Crippen LogP) is 2.14. The average Bonchev–Trinajstić information content (AvgIpc) is 2.74. The third-order valence-corrected chi connectivity index (χ3v) is 3.93. The van der Waals surface area contributed by atoms with Crippen molar-refractivity contribution in [3.05, 3.63) is 33.9 Å². The Morgan fingerprint density at radius 3 is 2.47 bits per heavy atom. The van der Waals surface area contributed by atoms with Gasteiger partial charge in [0.05, 0.1) is 16.4 Å². The second-order valence-electron chi connectivity index (χ2n) is 4.03. The highest BCUT2D eigenvalue weighted by Gasteiger charge is 2.34. The Kier molecular flexibility index (Phi) is 3.48. The summed E-state index contributed by atoms with van der Waals surface area (Å²) in [5, 5.41) is 10.7. The molecule has 9 heteroatoms. The van der Waals surface area contributed by atoms with Gasteiger partial charge in [-0.25, -0.2) is 0 Å². The fourth-order valence-corrected chi connectivity index (χ4v) is 2.94. The molecule has 1 fully saturated rings. The Morgan fingerprint density at radius 1 is 1.32 bits per heavy atom. The number of hydrogen-bond donors (Lipinski definition) is 0. The summed E-state index contributed by atoms with van der Waals surface area (Å²) in [6, 6.07) is 2.41. The maximum absolute atomic E-state index is 12.7. The number of benzene rings is 1. The summed E-state index contributed by atoms with van der Waals surface area (Å²) in [5.41, 5.74) is -1.62. The molecule has 1 saturated heterocycles. The van der Waals surface area contributed by atoms with Gasteiger partial charge in [-0.3, -0.25) is 14.3 Å². The van der Waals surface area contributed by atoms with Crippen molar-refractivity contribution in [2.24, 2.45) is 0 Å². The first-order valence-corrected chi connectivity index (χ1v) is 6.73. The van der Waals surface area contributed by atoms with Crippen molar-refractivity contribution in [3.8, 4) is 0 Å². The van der Waals surface area contributed by atoms with Crippen molar-refractivity contribution in [2.75, 3.05) is 23.1 Å². The summed E-state index contributed by atoms with van der Waals surface area (Å²) >= 11 is 0. The highest BCUT2D eigenvalue weighted by molar-refractivity contribution is 7.85. The number of hydrogen-bond acceptors (Lipinski definition) is 4. The lowest BCUT2D eigenvalue weighted by Crippen LogP contribution is -2.20. The quantitative estimate of drug-likeness (QED) is 0.619. The van der Waals surface area contributed by atoms with Crippen molar-refractivity contribution in [3.63, 3.8) is 0 Å². The highest BCUT2D eigenvalue weighted by Crippen LogP contribution is 2.35. The van der Waals surface area contributed by atoms with E-state index in [9.17, 15) is 27.5 Å². The van der Waals surface area contributed by atoms with Gasteiger partial charge < -0.3 is 4.90 Å². The van der Waals surface area contributed by atoms with Crippen LogP contribution in [0.1, 0.15) is 5.56 Å². The monoisotopic (exact) mass is 294 g/mol. The number of anilines is 1. The minimum Gasteiger partial charge on any atom is -0.359 e. The van der Waals surface area contributed by atoms with Gasteiger partial charge in [0.1, 0.15) is 0 Å². The number of rotatable bonds is 2. The number of nitrogens with zero attached hydrogens (tertiary/aromatic N) is 2. The van der Waals surface area contributed by atoms with Gasteiger partial charge in [-0.15, -0.1) is 0 Å². The number of halogens is 3. The number of alkyl halides is 3. The van der Waals surface area contributed by atoms with Crippen LogP contribution < -0.4 is 4.90 Å². The first kappa shape index (κ1) is 13.8. The predicted molar refractivity (Wildman–Crippen MR) is 63.3 cm³/mol. The van der Waals surface area contributed by atoms with Crippen molar-refractivity contribution < 1.29 is 22.3 Å². The Balaban J connectivity index is 2.45. The molecule has 1 atom stereocenters. The molecule has 0 N–H and O–H groups in total. The third-order valence-electron chi connectivity index (χ3n) is 2.69. The second kappa shape index (κ2) is 4.80. The molecule has 0 bridgehead atoms. The summed E-state index contributed by atoms with van der Waals surface area (Å²) < 4.78 is 49.3. The number of nitro benzene ring substituents is 1. The molecule has 104 valence electrons. The van der Waals surface area contributed by atoms with E-state index >= 15 is 0 Å². The zero-order valence-electron chi connectivity index (χ0n) is 9.51. The summed E-state index contributed by atoms with van der Waals surface area (Å²) in [6.45, 7) is 0.324. The Hall–Kier alpha value is -1.64. The Labute approximate surface area is 108 Å². The van der Waals surface area contributed by atoms with Gasteiger partial charge in [0.25, 0.3) is 5.69 Å². The maximum atomic E-state index is 12.7. The minimum atomic E-state index is -4.65. The van der Waals surface area contributed by atoms with Gasteiger partial charge in [0.2, 0.25) is 0 Å². The molecule has 1 aromatic rings. The average molecular weight is 294 g/mol. The van der Waals surface area contributed by atoms with E-state index < -0.39 is 33.2 Å². The van der Waals surface area contributed by atoms with Crippen molar-refractivity contribution in [1.29, 1.82) is 0 Å². The largest absolute Gasteiger partial charge is 0.416 e. The molecule has 0 amide bonds. The lowest BCUT2D eigenvalue weighted by molar-refractivity contribution is -0.385. The van der Waals surface area contributed by atoms with E-state index in [0.717, 1.165) is 12.1 Å². The van der Waals surface area contributed by atoms with Crippen LogP contribution in [0.5, 0.6) is 0 Å². The molecule has 0 spiro atoms. The number of nitro groups is 1. The van der Waals surface area contributed by atoms with E-state index in [1.165, 1.54) is 4.90 Å². The molecule has 1 unspecified atom stereocenters. The second-order valence-corrected chi connectivity index (χ2v) is 5.58. The van der Waals surface area contributed by atoms with Crippen molar-refractivity contribution in [2.45, 2.75) is 6.18 Å². The van der Waals surface area contributed by atoms with Crippen LogP contribution in [0.25, 0.3) is 0 Å². The molecule has 0 saturated carbocycles.